The largest absolute Gasteiger partial charge is 0.370 e. The Hall–Kier alpha value is -3.47. The van der Waals surface area contributed by atoms with Crippen LogP contribution in [0.5, 0.6) is 0 Å². The number of benzene rings is 2. The minimum Gasteiger partial charge on any atom is -0.370 e. The molecule has 172 valence electrons. The first-order valence-corrected chi connectivity index (χ1v) is 12.4. The number of fused-ring (bicyclic) bond motifs is 1. The Labute approximate surface area is 203 Å². The third-order valence-corrected chi connectivity index (χ3v) is 7.45. The van der Waals surface area contributed by atoms with Gasteiger partial charge in [-0.15, -0.1) is 11.3 Å². The maximum absolute atomic E-state index is 13.1. The van der Waals surface area contributed by atoms with Crippen molar-refractivity contribution in [2.24, 2.45) is 0 Å². The summed E-state index contributed by atoms with van der Waals surface area (Å²) in [5.74, 6) is 0.723. The fourth-order valence-electron chi connectivity index (χ4n) is 4.65. The Morgan fingerprint density at radius 1 is 1.03 bits per heavy atom. The number of hydrogen-bond donors (Lipinski definition) is 1. The molecule has 0 amide bonds. The van der Waals surface area contributed by atoms with E-state index < -0.39 is 0 Å². The Morgan fingerprint density at radius 3 is 2.53 bits per heavy atom. The van der Waals surface area contributed by atoms with Gasteiger partial charge < -0.3 is 9.88 Å². The summed E-state index contributed by atoms with van der Waals surface area (Å²) in [4.78, 5) is 27.7. The Kier molecular flexibility index (Phi) is 6.18. The zero-order chi connectivity index (χ0) is 23.7. The summed E-state index contributed by atoms with van der Waals surface area (Å²) in [5.41, 5.74) is 5.02. The molecule has 2 aromatic carbocycles. The number of nitriles is 1. The molecule has 7 heteroatoms. The summed E-state index contributed by atoms with van der Waals surface area (Å²) in [6, 6.07) is 18.3. The average molecular weight is 470 g/mol. The molecule has 0 radical (unpaired) electrons. The van der Waals surface area contributed by atoms with Crippen molar-refractivity contribution in [2.75, 3.05) is 31.1 Å². The van der Waals surface area contributed by atoms with E-state index in [-0.39, 0.29) is 5.56 Å². The van der Waals surface area contributed by atoms with Crippen LogP contribution >= 0.6 is 11.3 Å². The smallest absolute Gasteiger partial charge is 0.260 e. The normalized spacial score (nSPS) is 14.8. The molecule has 2 aromatic heterocycles. The van der Waals surface area contributed by atoms with E-state index in [2.05, 4.69) is 59.0 Å². The van der Waals surface area contributed by atoms with E-state index in [4.69, 9.17) is 10.2 Å². The van der Waals surface area contributed by atoms with Gasteiger partial charge in [-0.2, -0.15) is 5.26 Å². The molecule has 0 spiro atoms. The average Bonchev–Trinajstić information content (AvgIpc) is 3.00. The van der Waals surface area contributed by atoms with Crippen LogP contribution in [0.3, 0.4) is 0 Å². The van der Waals surface area contributed by atoms with E-state index in [1.165, 1.54) is 5.56 Å². The van der Waals surface area contributed by atoms with Crippen molar-refractivity contribution >= 4 is 27.2 Å². The van der Waals surface area contributed by atoms with Crippen LogP contribution in [0.4, 0.5) is 5.69 Å². The monoisotopic (exact) mass is 469 g/mol. The van der Waals surface area contributed by atoms with Crippen LogP contribution in [0.2, 0.25) is 0 Å². The lowest BCUT2D eigenvalue weighted by Gasteiger charge is -2.23. The number of nitrogens with zero attached hydrogens (tertiary/aromatic N) is 4. The number of anilines is 1. The maximum atomic E-state index is 13.1. The quantitative estimate of drug-likeness (QED) is 0.462. The first kappa shape index (κ1) is 22.3. The molecule has 5 rings (SSSR count). The van der Waals surface area contributed by atoms with Gasteiger partial charge in [-0.1, -0.05) is 29.8 Å². The lowest BCUT2D eigenvalue weighted by molar-refractivity contribution is 0.278. The number of rotatable bonds is 4. The molecule has 6 nitrogen and oxygen atoms in total. The predicted molar refractivity (Wildman–Crippen MR) is 138 cm³/mol. The summed E-state index contributed by atoms with van der Waals surface area (Å²) in [6.45, 7) is 8.46. The molecule has 0 saturated carbocycles. The Balaban J connectivity index is 1.34. The zero-order valence-corrected chi connectivity index (χ0v) is 20.3. The fourth-order valence-corrected chi connectivity index (χ4v) is 5.72. The molecule has 1 aliphatic heterocycles. The molecule has 0 unspecified atom stereocenters. The van der Waals surface area contributed by atoms with E-state index in [1.807, 2.05) is 24.3 Å². The summed E-state index contributed by atoms with van der Waals surface area (Å²) in [7, 11) is 0. The van der Waals surface area contributed by atoms with E-state index in [0.717, 1.165) is 64.9 Å². The van der Waals surface area contributed by atoms with Gasteiger partial charge in [0.1, 0.15) is 10.7 Å². The van der Waals surface area contributed by atoms with Gasteiger partial charge in [0.2, 0.25) is 0 Å². The summed E-state index contributed by atoms with van der Waals surface area (Å²) >= 11 is 1.59. The number of hydrogen-bond acceptors (Lipinski definition) is 6. The number of aromatic amines is 1. The molecule has 4 aromatic rings. The summed E-state index contributed by atoms with van der Waals surface area (Å²) in [6.07, 6.45) is 1.03. The Bertz CT molecular complexity index is 1410. The van der Waals surface area contributed by atoms with Crippen molar-refractivity contribution in [3.63, 3.8) is 0 Å². The molecule has 0 atom stereocenters. The van der Waals surface area contributed by atoms with Gasteiger partial charge in [-0.25, -0.2) is 4.98 Å². The predicted octanol–water partition coefficient (Wildman–Crippen LogP) is 4.85. The number of aryl methyl sites for hydroxylation is 2. The minimum absolute atomic E-state index is 0.0612. The van der Waals surface area contributed by atoms with Crippen molar-refractivity contribution in [3.8, 4) is 17.2 Å². The second-order valence-corrected chi connectivity index (χ2v) is 10.1. The standard InChI is InChI=1S/C27H27N5OS/c1-18-4-8-21(9-5-18)24-19(2)34-27-25(24)26(33)29-23(30-27)17-31-12-3-13-32(15-14-31)22-10-6-20(16-28)7-11-22/h4-11H,3,12-15,17H2,1-2H3,(H,29,30,33). The number of thiophene rings is 1. The minimum atomic E-state index is -0.0612. The van der Waals surface area contributed by atoms with E-state index >= 15 is 0 Å². The molecule has 0 bridgehead atoms. The number of aromatic nitrogens is 2. The third kappa shape index (κ3) is 4.47. The Morgan fingerprint density at radius 2 is 1.79 bits per heavy atom. The van der Waals surface area contributed by atoms with E-state index in [9.17, 15) is 4.79 Å². The van der Waals surface area contributed by atoms with Gasteiger partial charge in [0.25, 0.3) is 5.56 Å². The topological polar surface area (TPSA) is 76.0 Å². The molecular formula is C27H27N5OS. The molecular weight excluding hydrogens is 442 g/mol. The second-order valence-electron chi connectivity index (χ2n) is 8.87. The van der Waals surface area contributed by atoms with Crippen molar-refractivity contribution in [1.29, 1.82) is 5.26 Å². The third-order valence-electron chi connectivity index (χ3n) is 6.45. The number of H-pyrrole nitrogens is 1. The second kappa shape index (κ2) is 9.41. The van der Waals surface area contributed by atoms with Crippen molar-refractivity contribution in [2.45, 2.75) is 26.8 Å². The molecule has 1 saturated heterocycles. The SMILES string of the molecule is Cc1ccc(-c2c(C)sc3nc(CN4CCCN(c5ccc(C#N)cc5)CC4)[nH]c(=O)c23)cc1. The van der Waals surface area contributed by atoms with Gasteiger partial charge in [0, 0.05) is 42.3 Å². The fraction of sp³-hybridized carbons (Fsp3) is 0.296. The van der Waals surface area contributed by atoms with Crippen LogP contribution in [-0.4, -0.2) is 41.0 Å². The lowest BCUT2D eigenvalue weighted by atomic mass is 10.0. The van der Waals surface area contributed by atoms with Crippen LogP contribution in [0.1, 0.15) is 28.2 Å². The molecule has 34 heavy (non-hydrogen) atoms. The highest BCUT2D eigenvalue weighted by molar-refractivity contribution is 7.19. The summed E-state index contributed by atoms with van der Waals surface area (Å²) in [5, 5.41) is 9.72. The molecule has 1 fully saturated rings. The first-order chi connectivity index (χ1) is 16.5. The van der Waals surface area contributed by atoms with Gasteiger partial charge in [0.15, 0.2) is 0 Å². The maximum Gasteiger partial charge on any atom is 0.260 e. The van der Waals surface area contributed by atoms with Crippen LogP contribution in [0.25, 0.3) is 21.3 Å². The van der Waals surface area contributed by atoms with Gasteiger partial charge >= 0.3 is 0 Å². The van der Waals surface area contributed by atoms with Crippen LogP contribution in [0, 0.1) is 25.2 Å². The first-order valence-electron chi connectivity index (χ1n) is 11.6. The molecule has 0 aliphatic carbocycles. The lowest BCUT2D eigenvalue weighted by Crippen LogP contribution is -2.31. The molecule has 3 heterocycles. The van der Waals surface area contributed by atoms with E-state index in [0.29, 0.717) is 17.5 Å². The highest BCUT2D eigenvalue weighted by Crippen LogP contribution is 2.35. The van der Waals surface area contributed by atoms with Crippen molar-refractivity contribution in [1.82, 2.24) is 14.9 Å². The van der Waals surface area contributed by atoms with Gasteiger partial charge in [-0.05, 0) is 50.1 Å². The highest BCUT2D eigenvalue weighted by atomic mass is 32.1. The summed E-state index contributed by atoms with van der Waals surface area (Å²) < 4.78 is 0. The van der Waals surface area contributed by atoms with Gasteiger partial charge in [-0.3, -0.25) is 9.69 Å². The molecule has 1 N–H and O–H groups in total. The molecule has 1 aliphatic rings. The zero-order valence-electron chi connectivity index (χ0n) is 19.5. The van der Waals surface area contributed by atoms with Crippen molar-refractivity contribution in [3.05, 3.63) is 80.7 Å². The van der Waals surface area contributed by atoms with Gasteiger partial charge in [0.05, 0.1) is 23.6 Å². The van der Waals surface area contributed by atoms with Crippen molar-refractivity contribution < 1.29 is 0 Å². The highest BCUT2D eigenvalue weighted by Gasteiger charge is 2.19. The number of nitrogens with one attached hydrogen (secondary N) is 1. The van der Waals surface area contributed by atoms with Crippen LogP contribution in [-0.2, 0) is 6.54 Å². The van der Waals surface area contributed by atoms with Crippen LogP contribution < -0.4 is 10.5 Å². The van der Waals surface area contributed by atoms with Crippen LogP contribution in [0.15, 0.2) is 53.3 Å². The van der Waals surface area contributed by atoms with E-state index in [1.54, 1.807) is 11.3 Å².